The zero-order valence-corrected chi connectivity index (χ0v) is 11.7. The van der Waals surface area contributed by atoms with Gasteiger partial charge in [0.1, 0.15) is 11.8 Å². The SMILES string of the molecule is CCCC1NC(=O)N(CCCOc2ccccc2)C1=O. The van der Waals surface area contributed by atoms with Crippen LogP contribution in [0.15, 0.2) is 30.3 Å². The highest BCUT2D eigenvalue weighted by Gasteiger charge is 2.36. The van der Waals surface area contributed by atoms with Gasteiger partial charge in [0.25, 0.3) is 5.91 Å². The predicted molar refractivity (Wildman–Crippen MR) is 75.5 cm³/mol. The van der Waals surface area contributed by atoms with Crippen LogP contribution in [0.25, 0.3) is 0 Å². The smallest absolute Gasteiger partial charge is 0.324 e. The Morgan fingerprint density at radius 1 is 1.25 bits per heavy atom. The van der Waals surface area contributed by atoms with Crippen molar-refractivity contribution in [3.63, 3.8) is 0 Å². The molecule has 5 nitrogen and oxygen atoms in total. The highest BCUT2D eigenvalue weighted by Crippen LogP contribution is 2.12. The van der Waals surface area contributed by atoms with Gasteiger partial charge < -0.3 is 10.1 Å². The topological polar surface area (TPSA) is 58.6 Å². The van der Waals surface area contributed by atoms with Crippen LogP contribution in [0.4, 0.5) is 4.79 Å². The number of ether oxygens (including phenoxy) is 1. The first-order chi connectivity index (χ1) is 9.72. The van der Waals surface area contributed by atoms with Crippen LogP contribution in [0.1, 0.15) is 26.2 Å². The quantitative estimate of drug-likeness (QED) is 0.613. The molecule has 1 aliphatic heterocycles. The van der Waals surface area contributed by atoms with Crippen molar-refractivity contribution < 1.29 is 14.3 Å². The van der Waals surface area contributed by atoms with Gasteiger partial charge in [0.05, 0.1) is 6.61 Å². The molecular weight excluding hydrogens is 256 g/mol. The van der Waals surface area contributed by atoms with Crippen molar-refractivity contribution in [1.82, 2.24) is 10.2 Å². The van der Waals surface area contributed by atoms with Gasteiger partial charge in [0, 0.05) is 6.54 Å². The Hall–Kier alpha value is -2.04. The minimum Gasteiger partial charge on any atom is -0.494 e. The molecule has 0 spiro atoms. The van der Waals surface area contributed by atoms with E-state index < -0.39 is 0 Å². The number of urea groups is 1. The maximum absolute atomic E-state index is 12.0. The molecule has 1 fully saturated rings. The summed E-state index contributed by atoms with van der Waals surface area (Å²) in [5.41, 5.74) is 0. The second-order valence-electron chi connectivity index (χ2n) is 4.80. The highest BCUT2D eigenvalue weighted by atomic mass is 16.5. The molecule has 0 aromatic heterocycles. The number of carbonyl (C=O) groups is 2. The lowest BCUT2D eigenvalue weighted by Gasteiger charge is -2.13. The van der Waals surface area contributed by atoms with E-state index in [-0.39, 0.29) is 18.0 Å². The molecule has 108 valence electrons. The van der Waals surface area contributed by atoms with Gasteiger partial charge >= 0.3 is 6.03 Å². The van der Waals surface area contributed by atoms with E-state index in [0.717, 1.165) is 12.2 Å². The first-order valence-electron chi connectivity index (χ1n) is 7.02. The molecule has 20 heavy (non-hydrogen) atoms. The zero-order valence-electron chi connectivity index (χ0n) is 11.7. The maximum Gasteiger partial charge on any atom is 0.324 e. The average Bonchev–Trinajstić information content (AvgIpc) is 2.72. The van der Waals surface area contributed by atoms with Crippen LogP contribution in [0.3, 0.4) is 0 Å². The van der Waals surface area contributed by atoms with E-state index in [1.807, 2.05) is 37.3 Å². The van der Waals surface area contributed by atoms with Gasteiger partial charge in [-0.25, -0.2) is 4.79 Å². The van der Waals surface area contributed by atoms with Crippen molar-refractivity contribution in [2.45, 2.75) is 32.2 Å². The predicted octanol–water partition coefficient (Wildman–Crippen LogP) is 2.18. The van der Waals surface area contributed by atoms with Gasteiger partial charge in [-0.3, -0.25) is 9.69 Å². The summed E-state index contributed by atoms with van der Waals surface area (Å²) in [5.74, 6) is 0.685. The first kappa shape index (κ1) is 14.4. The third kappa shape index (κ3) is 3.50. The summed E-state index contributed by atoms with van der Waals surface area (Å²) in [6.45, 7) is 2.88. The summed E-state index contributed by atoms with van der Waals surface area (Å²) in [6.07, 6.45) is 2.20. The van der Waals surface area contributed by atoms with E-state index in [9.17, 15) is 9.59 Å². The number of benzene rings is 1. The number of nitrogens with one attached hydrogen (secondary N) is 1. The van der Waals surface area contributed by atoms with Crippen molar-refractivity contribution in [2.75, 3.05) is 13.2 Å². The van der Waals surface area contributed by atoms with Gasteiger partial charge in [-0.15, -0.1) is 0 Å². The molecule has 0 saturated carbocycles. The lowest BCUT2D eigenvalue weighted by atomic mass is 10.2. The average molecular weight is 276 g/mol. The largest absolute Gasteiger partial charge is 0.494 e. The number of imide groups is 1. The van der Waals surface area contributed by atoms with Crippen molar-refractivity contribution in [3.8, 4) is 5.75 Å². The Bertz CT molecular complexity index is 461. The molecule has 1 aliphatic rings. The Morgan fingerprint density at radius 2 is 2.00 bits per heavy atom. The summed E-state index contributed by atoms with van der Waals surface area (Å²) in [4.78, 5) is 24.9. The minimum atomic E-state index is -0.345. The second-order valence-corrected chi connectivity index (χ2v) is 4.80. The molecule has 0 aliphatic carbocycles. The van der Waals surface area contributed by atoms with E-state index in [2.05, 4.69) is 5.32 Å². The number of amides is 3. The van der Waals surface area contributed by atoms with E-state index >= 15 is 0 Å². The Labute approximate surface area is 118 Å². The maximum atomic E-state index is 12.0. The molecular formula is C15H20N2O3. The monoisotopic (exact) mass is 276 g/mol. The third-order valence-corrected chi connectivity index (χ3v) is 3.22. The Kier molecular flexibility index (Phi) is 4.98. The van der Waals surface area contributed by atoms with Crippen molar-refractivity contribution >= 4 is 11.9 Å². The summed E-state index contributed by atoms with van der Waals surface area (Å²) < 4.78 is 5.54. The molecule has 2 rings (SSSR count). The summed E-state index contributed by atoms with van der Waals surface area (Å²) in [6, 6.07) is 8.87. The zero-order chi connectivity index (χ0) is 14.4. The number of carbonyl (C=O) groups excluding carboxylic acids is 2. The number of nitrogens with zero attached hydrogens (tertiary/aromatic N) is 1. The van der Waals surface area contributed by atoms with Crippen molar-refractivity contribution in [1.29, 1.82) is 0 Å². The van der Waals surface area contributed by atoms with Gasteiger partial charge in [-0.2, -0.15) is 0 Å². The molecule has 1 aromatic rings. The van der Waals surface area contributed by atoms with Gasteiger partial charge in [0.15, 0.2) is 0 Å². The number of hydrogen-bond donors (Lipinski definition) is 1. The van der Waals surface area contributed by atoms with E-state index in [1.165, 1.54) is 4.90 Å². The molecule has 0 bridgehead atoms. The van der Waals surface area contributed by atoms with Gasteiger partial charge in [-0.1, -0.05) is 31.5 Å². The van der Waals surface area contributed by atoms with Crippen molar-refractivity contribution in [3.05, 3.63) is 30.3 Å². The van der Waals surface area contributed by atoms with Crippen LogP contribution < -0.4 is 10.1 Å². The molecule has 1 unspecified atom stereocenters. The minimum absolute atomic E-state index is 0.114. The number of para-hydroxylation sites is 1. The molecule has 0 radical (unpaired) electrons. The summed E-state index contributed by atoms with van der Waals surface area (Å²) in [7, 11) is 0. The van der Waals surface area contributed by atoms with Crippen LogP contribution >= 0.6 is 0 Å². The Balaban J connectivity index is 1.74. The van der Waals surface area contributed by atoms with Crippen LogP contribution in [0.2, 0.25) is 0 Å². The lowest BCUT2D eigenvalue weighted by Crippen LogP contribution is -2.33. The fourth-order valence-electron chi connectivity index (χ4n) is 2.20. The molecule has 5 heteroatoms. The van der Waals surface area contributed by atoms with Gasteiger partial charge in [-0.05, 0) is 25.0 Å². The Morgan fingerprint density at radius 3 is 2.70 bits per heavy atom. The molecule has 3 amide bonds. The molecule has 1 atom stereocenters. The van der Waals surface area contributed by atoms with Crippen molar-refractivity contribution in [2.24, 2.45) is 0 Å². The second kappa shape index (κ2) is 6.93. The normalized spacial score (nSPS) is 18.2. The third-order valence-electron chi connectivity index (χ3n) is 3.22. The lowest BCUT2D eigenvalue weighted by molar-refractivity contribution is -0.127. The van der Waals surface area contributed by atoms with Crippen LogP contribution in [0.5, 0.6) is 5.75 Å². The fourth-order valence-corrected chi connectivity index (χ4v) is 2.20. The molecule has 1 heterocycles. The molecule has 1 aromatic carbocycles. The van der Waals surface area contributed by atoms with Crippen LogP contribution in [0, 0.1) is 0 Å². The van der Waals surface area contributed by atoms with E-state index in [1.54, 1.807) is 0 Å². The fraction of sp³-hybridized carbons (Fsp3) is 0.467. The summed E-state index contributed by atoms with van der Waals surface area (Å²) in [5, 5.41) is 2.71. The number of rotatable bonds is 7. The summed E-state index contributed by atoms with van der Waals surface area (Å²) >= 11 is 0. The molecule has 1 N–H and O–H groups in total. The number of hydrogen-bond acceptors (Lipinski definition) is 3. The van der Waals surface area contributed by atoms with E-state index in [4.69, 9.17) is 4.74 Å². The van der Waals surface area contributed by atoms with Crippen LogP contribution in [-0.2, 0) is 4.79 Å². The standard InChI is InChI=1S/C15H20N2O3/c1-2-7-13-14(18)17(15(19)16-13)10-6-11-20-12-8-4-3-5-9-12/h3-5,8-9,13H,2,6-7,10-11H2,1H3,(H,16,19). The first-order valence-corrected chi connectivity index (χ1v) is 7.02. The molecule has 1 saturated heterocycles. The van der Waals surface area contributed by atoms with E-state index in [0.29, 0.717) is 26.0 Å². The van der Waals surface area contributed by atoms with Gasteiger partial charge in [0.2, 0.25) is 0 Å². The van der Waals surface area contributed by atoms with Crippen LogP contribution in [-0.4, -0.2) is 36.0 Å². The highest BCUT2D eigenvalue weighted by molar-refractivity contribution is 6.04.